The van der Waals surface area contributed by atoms with Crippen molar-refractivity contribution in [3.8, 4) is 0 Å². The van der Waals surface area contributed by atoms with Crippen molar-refractivity contribution in [3.63, 3.8) is 0 Å². The Morgan fingerprint density at radius 2 is 1.86 bits per heavy atom. The second-order valence-corrected chi connectivity index (χ2v) is 7.01. The highest BCUT2D eigenvalue weighted by molar-refractivity contribution is 5.87. The van der Waals surface area contributed by atoms with E-state index in [9.17, 15) is 4.79 Å². The van der Waals surface area contributed by atoms with Gasteiger partial charge in [0, 0.05) is 18.1 Å². The molecule has 2 bridgehead atoms. The Bertz CT molecular complexity index is 360. The van der Waals surface area contributed by atoms with Gasteiger partial charge in [-0.3, -0.25) is 4.79 Å². The van der Waals surface area contributed by atoms with Gasteiger partial charge in [0.15, 0.2) is 0 Å². The number of halogens is 2. The second-order valence-electron chi connectivity index (χ2n) is 7.01. The zero-order valence-corrected chi connectivity index (χ0v) is 15.4. The number of carbonyl (C=O) groups excluding carboxylic acids is 1. The molecule has 3 aliphatic heterocycles. The fourth-order valence-electron chi connectivity index (χ4n) is 4.52. The van der Waals surface area contributed by atoms with Crippen LogP contribution in [-0.4, -0.2) is 48.1 Å². The Balaban J connectivity index is 0.00000121. The summed E-state index contributed by atoms with van der Waals surface area (Å²) in [6, 6.07) is 1.75. The molecule has 0 aromatic heterocycles. The van der Waals surface area contributed by atoms with E-state index >= 15 is 0 Å². The van der Waals surface area contributed by atoms with Crippen LogP contribution < -0.4 is 10.6 Å². The third-order valence-corrected chi connectivity index (χ3v) is 5.96. The molecule has 0 aromatic rings. The summed E-state index contributed by atoms with van der Waals surface area (Å²) in [6.07, 6.45) is 9.26. The quantitative estimate of drug-likeness (QED) is 0.820. The summed E-state index contributed by atoms with van der Waals surface area (Å²) in [6.45, 7) is 3.11. The molecule has 130 valence electrons. The maximum atomic E-state index is 12.7. The molecular weight excluding hydrogens is 321 g/mol. The molecule has 3 atom stereocenters. The van der Waals surface area contributed by atoms with Crippen LogP contribution in [0.3, 0.4) is 0 Å². The van der Waals surface area contributed by atoms with Gasteiger partial charge in [0.05, 0.1) is 5.54 Å². The first-order valence-electron chi connectivity index (χ1n) is 8.42. The summed E-state index contributed by atoms with van der Waals surface area (Å²) >= 11 is 0. The standard InChI is InChI=1S/C16H29N3O.2ClH/c1-3-16(8-5-9-17-16)15(20)18-12-10-13-6-4-7-14(11-12)19(13)2;;/h12-14,17H,3-11H2,1-2H3,(H,18,20);2*1H. The van der Waals surface area contributed by atoms with Gasteiger partial charge in [-0.05, 0) is 58.5 Å². The van der Waals surface area contributed by atoms with Crippen molar-refractivity contribution in [2.45, 2.75) is 82.0 Å². The SMILES string of the molecule is CCC1(C(=O)NC2CC3CCCC(C2)N3C)CCCN1.Cl.Cl. The van der Waals surface area contributed by atoms with Crippen LogP contribution in [0.2, 0.25) is 0 Å². The van der Waals surface area contributed by atoms with E-state index in [1.165, 1.54) is 19.3 Å². The van der Waals surface area contributed by atoms with Gasteiger partial charge in [-0.1, -0.05) is 13.3 Å². The molecule has 3 fully saturated rings. The van der Waals surface area contributed by atoms with Crippen LogP contribution in [-0.2, 0) is 4.79 Å². The minimum Gasteiger partial charge on any atom is -0.352 e. The number of piperidine rings is 2. The highest BCUT2D eigenvalue weighted by Crippen LogP contribution is 2.33. The van der Waals surface area contributed by atoms with Crippen molar-refractivity contribution in [1.82, 2.24) is 15.5 Å². The van der Waals surface area contributed by atoms with Gasteiger partial charge in [-0.15, -0.1) is 24.8 Å². The largest absolute Gasteiger partial charge is 0.352 e. The molecule has 0 saturated carbocycles. The lowest BCUT2D eigenvalue weighted by Crippen LogP contribution is -2.60. The van der Waals surface area contributed by atoms with Crippen LogP contribution in [0.25, 0.3) is 0 Å². The Morgan fingerprint density at radius 3 is 2.36 bits per heavy atom. The molecule has 3 rings (SSSR count). The van der Waals surface area contributed by atoms with Crippen molar-refractivity contribution in [3.05, 3.63) is 0 Å². The molecule has 3 heterocycles. The summed E-state index contributed by atoms with van der Waals surface area (Å²) in [5.41, 5.74) is -0.279. The number of rotatable bonds is 3. The third kappa shape index (κ3) is 3.72. The monoisotopic (exact) mass is 351 g/mol. The van der Waals surface area contributed by atoms with E-state index in [0.29, 0.717) is 18.1 Å². The number of nitrogens with one attached hydrogen (secondary N) is 2. The van der Waals surface area contributed by atoms with Crippen LogP contribution >= 0.6 is 24.8 Å². The van der Waals surface area contributed by atoms with Gasteiger partial charge in [-0.2, -0.15) is 0 Å². The zero-order chi connectivity index (χ0) is 14.2. The smallest absolute Gasteiger partial charge is 0.240 e. The minimum absolute atomic E-state index is 0. The fourth-order valence-corrected chi connectivity index (χ4v) is 4.52. The zero-order valence-electron chi connectivity index (χ0n) is 13.8. The Hall–Kier alpha value is -0.0300. The molecule has 1 amide bonds. The van der Waals surface area contributed by atoms with E-state index in [2.05, 4.69) is 29.5 Å². The minimum atomic E-state index is -0.279. The average Bonchev–Trinajstić information content (AvgIpc) is 2.90. The normalized spacial score (nSPS) is 37.8. The van der Waals surface area contributed by atoms with E-state index in [1.54, 1.807) is 0 Å². The third-order valence-electron chi connectivity index (χ3n) is 5.96. The number of amides is 1. The number of fused-ring (bicyclic) bond motifs is 2. The number of nitrogens with zero attached hydrogens (tertiary/aromatic N) is 1. The summed E-state index contributed by atoms with van der Waals surface area (Å²) in [4.78, 5) is 15.2. The van der Waals surface area contributed by atoms with Crippen molar-refractivity contribution in [1.29, 1.82) is 0 Å². The maximum absolute atomic E-state index is 12.7. The van der Waals surface area contributed by atoms with Gasteiger partial charge in [0.2, 0.25) is 5.91 Å². The lowest BCUT2D eigenvalue weighted by atomic mass is 9.81. The predicted octanol–water partition coefficient (Wildman–Crippen LogP) is 2.49. The number of hydrogen-bond donors (Lipinski definition) is 2. The lowest BCUT2D eigenvalue weighted by Gasteiger charge is -2.47. The molecule has 0 spiro atoms. The van der Waals surface area contributed by atoms with E-state index < -0.39 is 0 Å². The first-order chi connectivity index (χ1) is 9.64. The first kappa shape index (κ1) is 20.0. The molecule has 6 heteroatoms. The second kappa shape index (κ2) is 8.18. The predicted molar refractivity (Wildman–Crippen MR) is 95.1 cm³/mol. The summed E-state index contributed by atoms with van der Waals surface area (Å²) in [5.74, 6) is 0.255. The van der Waals surface area contributed by atoms with Crippen LogP contribution in [0.1, 0.15) is 58.3 Å². The van der Waals surface area contributed by atoms with Crippen LogP contribution in [0.15, 0.2) is 0 Å². The lowest BCUT2D eigenvalue weighted by molar-refractivity contribution is -0.128. The van der Waals surface area contributed by atoms with Crippen molar-refractivity contribution < 1.29 is 4.79 Å². The van der Waals surface area contributed by atoms with Crippen LogP contribution in [0, 0.1) is 0 Å². The molecule has 3 unspecified atom stereocenters. The fraction of sp³-hybridized carbons (Fsp3) is 0.938. The number of carbonyl (C=O) groups is 1. The van der Waals surface area contributed by atoms with E-state index in [-0.39, 0.29) is 36.3 Å². The molecule has 0 radical (unpaired) electrons. The summed E-state index contributed by atoms with van der Waals surface area (Å²) < 4.78 is 0. The van der Waals surface area contributed by atoms with Crippen LogP contribution in [0.5, 0.6) is 0 Å². The molecule has 3 aliphatic rings. The Kier molecular flexibility index (Phi) is 7.44. The maximum Gasteiger partial charge on any atom is 0.240 e. The van der Waals surface area contributed by atoms with E-state index in [1.807, 2.05) is 0 Å². The molecule has 2 N–H and O–H groups in total. The first-order valence-corrected chi connectivity index (χ1v) is 8.42. The Morgan fingerprint density at radius 1 is 1.23 bits per heavy atom. The highest BCUT2D eigenvalue weighted by Gasteiger charge is 2.42. The van der Waals surface area contributed by atoms with Gasteiger partial charge in [0.25, 0.3) is 0 Å². The van der Waals surface area contributed by atoms with E-state index in [4.69, 9.17) is 0 Å². The van der Waals surface area contributed by atoms with Crippen molar-refractivity contribution in [2.24, 2.45) is 0 Å². The average molecular weight is 352 g/mol. The summed E-state index contributed by atoms with van der Waals surface area (Å²) in [5, 5.41) is 6.82. The number of hydrogen-bond acceptors (Lipinski definition) is 3. The van der Waals surface area contributed by atoms with Crippen molar-refractivity contribution in [2.75, 3.05) is 13.6 Å². The molecule has 22 heavy (non-hydrogen) atoms. The molecule has 4 nitrogen and oxygen atoms in total. The van der Waals surface area contributed by atoms with Crippen molar-refractivity contribution >= 4 is 30.7 Å². The van der Waals surface area contributed by atoms with Gasteiger partial charge in [0.1, 0.15) is 0 Å². The van der Waals surface area contributed by atoms with Crippen LogP contribution in [0.4, 0.5) is 0 Å². The molecule has 3 saturated heterocycles. The molecular formula is C16H31Cl2N3O. The Labute approximate surface area is 147 Å². The van der Waals surface area contributed by atoms with Gasteiger partial charge in [-0.25, -0.2) is 0 Å². The molecule has 0 aromatic carbocycles. The molecule has 0 aliphatic carbocycles. The van der Waals surface area contributed by atoms with E-state index in [0.717, 1.165) is 38.6 Å². The highest BCUT2D eigenvalue weighted by atomic mass is 35.5. The topological polar surface area (TPSA) is 44.4 Å². The van der Waals surface area contributed by atoms with Gasteiger partial charge < -0.3 is 15.5 Å². The van der Waals surface area contributed by atoms with Gasteiger partial charge >= 0.3 is 0 Å². The summed E-state index contributed by atoms with van der Waals surface area (Å²) in [7, 11) is 2.26.